The van der Waals surface area contributed by atoms with Gasteiger partial charge in [0.1, 0.15) is 12.2 Å². The summed E-state index contributed by atoms with van der Waals surface area (Å²) in [6, 6.07) is 0. The molecule has 0 rings (SSSR count). The van der Waals surface area contributed by atoms with Gasteiger partial charge in [0.2, 0.25) is 0 Å². The number of aliphatic hydroxyl groups excluding tert-OH is 8. The second-order valence-electron chi connectivity index (χ2n) is 9.03. The molecular formula is C27H56O16Rf2-4. The molecule has 16 nitrogen and oxygen atoms in total. The van der Waals surface area contributed by atoms with Crippen LogP contribution in [0.2, 0.25) is 0 Å². The Bertz CT molecular complexity index is 503. The van der Waals surface area contributed by atoms with Crippen LogP contribution in [0.15, 0.2) is 0 Å². The second kappa shape index (κ2) is 41.4. The van der Waals surface area contributed by atoms with Crippen LogP contribution in [0.5, 0.6) is 0 Å². The summed E-state index contributed by atoms with van der Waals surface area (Å²) in [6.07, 6.45) is -2.31. The predicted molar refractivity (Wildman–Crippen MR) is 153 cm³/mol. The first-order valence-corrected chi connectivity index (χ1v) is 13.7. The zero-order chi connectivity index (χ0) is 33.1. The average molecular weight is 1170 g/mol. The van der Waals surface area contributed by atoms with E-state index in [4.69, 9.17) is 44.5 Å². The Morgan fingerprint density at radius 3 is 1.02 bits per heavy atom. The quantitative estimate of drug-likeness (QED) is 0.0301. The smallest absolute Gasteiger partial charge is 0.100 e. The predicted octanol–water partition coefficient (Wildman–Crippen LogP) is -2.42. The van der Waals surface area contributed by atoms with E-state index in [-0.39, 0.29) is 72.7 Å². The van der Waals surface area contributed by atoms with Crippen molar-refractivity contribution in [3.8, 4) is 0 Å². The molecule has 0 aliphatic rings. The molecule has 6 atom stereocenters. The minimum Gasteiger partial charge on any atom is -0.553 e. The van der Waals surface area contributed by atoms with Crippen molar-refractivity contribution in [2.24, 2.45) is 0 Å². The SMILES string of the molecule is [CH2-]OCC(O)CCCOCC(O)CO.[CH2-]OCC(O)COCC(O)CO.[CH2-]OCC(O)COCCCOCC(O)CO[CH2-].[Rf].[Rf]. The van der Waals surface area contributed by atoms with Gasteiger partial charge in [0.05, 0.1) is 70.7 Å². The Balaban J connectivity index is -0.000000177. The van der Waals surface area contributed by atoms with Crippen molar-refractivity contribution in [1.82, 2.24) is 0 Å². The standard InChI is InChI=1S/C11H22O6.C9H19O5.C7H15O5.2Rf/c1-14-6-10(12)8-16-4-3-5-17-9-11(13)7-15-2;1-13-6-8(11)3-2-4-14-7-9(12)5-10;1-11-3-7(10)5-12-4-6(9)2-8;;/h10-13H,1-9H2;8-12H,1-7H2;6-10H,1-5H2;;/q-2;2*-1;;. The summed E-state index contributed by atoms with van der Waals surface area (Å²) in [5.41, 5.74) is 0. The van der Waals surface area contributed by atoms with Crippen molar-refractivity contribution in [1.29, 1.82) is 0 Å². The number of aliphatic hydroxyl groups is 8. The molecule has 6 unspecified atom stereocenters. The van der Waals surface area contributed by atoms with Crippen LogP contribution in [0.25, 0.3) is 0 Å². The Morgan fingerprint density at radius 1 is 0.378 bits per heavy atom. The maximum Gasteiger partial charge on any atom is 0.100 e. The van der Waals surface area contributed by atoms with Crippen molar-refractivity contribution >= 4 is 0 Å². The fraction of sp³-hybridized carbons (Fsp3) is 0.852. The minimum atomic E-state index is -0.891. The van der Waals surface area contributed by atoms with E-state index in [1.165, 1.54) is 0 Å². The summed E-state index contributed by atoms with van der Waals surface area (Å²) in [5.74, 6) is 0. The first-order valence-electron chi connectivity index (χ1n) is 13.7. The third kappa shape index (κ3) is 45.9. The van der Waals surface area contributed by atoms with Gasteiger partial charge in [-0.1, -0.05) is 0 Å². The summed E-state index contributed by atoms with van der Waals surface area (Å²) in [6.45, 7) is 2.03. The molecule has 0 aromatic carbocycles. The number of hydrogen-bond acceptors (Lipinski definition) is 16. The van der Waals surface area contributed by atoms with Crippen LogP contribution in [0, 0.1) is 28.4 Å². The molecular weight excluding hydrogens is 1110 g/mol. The molecule has 45 heavy (non-hydrogen) atoms. The summed E-state index contributed by atoms with van der Waals surface area (Å²) in [5, 5.41) is 71.1. The zero-order valence-corrected chi connectivity index (χ0v) is 39.4. The molecule has 0 spiro atoms. The van der Waals surface area contributed by atoms with Crippen molar-refractivity contribution < 1.29 is 78.7 Å². The van der Waals surface area contributed by atoms with E-state index in [0.717, 1.165) is 0 Å². The topological polar surface area (TPSA) is 236 Å². The Kier molecular flexibility index (Phi) is 47.7. The van der Waals surface area contributed by atoms with Crippen LogP contribution in [0.1, 0.15) is 19.3 Å². The molecule has 0 aromatic rings. The molecule has 0 saturated heterocycles. The number of rotatable bonds is 28. The van der Waals surface area contributed by atoms with E-state index in [1.807, 2.05) is 0 Å². The normalized spacial score (nSPS) is 14.7. The van der Waals surface area contributed by atoms with E-state index in [0.29, 0.717) is 39.1 Å². The van der Waals surface area contributed by atoms with Crippen molar-refractivity contribution in [3.63, 3.8) is 0 Å². The van der Waals surface area contributed by atoms with E-state index in [1.54, 1.807) is 0 Å². The van der Waals surface area contributed by atoms with Gasteiger partial charge in [-0.3, -0.25) is 0 Å². The molecule has 0 amide bonds. The van der Waals surface area contributed by atoms with Crippen LogP contribution < -0.4 is 0 Å². The maximum absolute atomic E-state index is 9.21. The van der Waals surface area contributed by atoms with Gasteiger partial charge in [0.25, 0.3) is 0 Å². The second-order valence-corrected chi connectivity index (χ2v) is 9.03. The Hall–Kier alpha value is -2.64. The van der Waals surface area contributed by atoms with Crippen LogP contribution in [-0.2, 0) is 37.9 Å². The summed E-state index contributed by atoms with van der Waals surface area (Å²) in [7, 11) is 12.5. The molecule has 0 aliphatic heterocycles. The van der Waals surface area contributed by atoms with Gasteiger partial charge in [-0.05, 0) is 19.3 Å². The van der Waals surface area contributed by atoms with Gasteiger partial charge in [0, 0.05) is 46.2 Å². The first-order chi connectivity index (χ1) is 20.6. The van der Waals surface area contributed by atoms with Gasteiger partial charge in [-0.2, -0.15) is 0 Å². The van der Waals surface area contributed by atoms with Gasteiger partial charge in [0.15, 0.2) is 0 Å². The van der Waals surface area contributed by atoms with Crippen LogP contribution in [0.3, 0.4) is 0 Å². The average Bonchev–Trinajstić information content (AvgIpc) is 2.97. The Morgan fingerprint density at radius 2 is 0.667 bits per heavy atom. The van der Waals surface area contributed by atoms with Crippen LogP contribution in [0.4, 0.5) is 0 Å². The monoisotopic (exact) mass is 1170 g/mol. The molecule has 268 valence electrons. The molecule has 0 aromatic heterocycles. The summed E-state index contributed by atoms with van der Waals surface area (Å²) < 4.78 is 38.1. The molecule has 0 fully saturated rings. The fourth-order valence-corrected chi connectivity index (χ4v) is 2.56. The summed E-state index contributed by atoms with van der Waals surface area (Å²) >= 11 is 0. The first kappa shape index (κ1) is 51.9. The zero-order valence-electron chi connectivity index (χ0n) is 26.6. The molecule has 18 heteroatoms. The van der Waals surface area contributed by atoms with Crippen molar-refractivity contribution in [2.75, 3.05) is 92.5 Å². The third-order valence-corrected chi connectivity index (χ3v) is 4.62. The molecule has 0 saturated carbocycles. The Labute approximate surface area is 256 Å². The summed E-state index contributed by atoms with van der Waals surface area (Å²) in [4.78, 5) is 0. The van der Waals surface area contributed by atoms with Gasteiger partial charge < -0.3 is 78.7 Å². The minimum absolute atomic E-state index is 0. The van der Waals surface area contributed by atoms with Crippen LogP contribution in [-0.4, -0.2) is 170 Å². The van der Waals surface area contributed by atoms with Crippen molar-refractivity contribution in [3.05, 3.63) is 28.4 Å². The van der Waals surface area contributed by atoms with Crippen molar-refractivity contribution in [2.45, 2.75) is 55.9 Å². The molecule has 0 aliphatic carbocycles. The van der Waals surface area contributed by atoms with Gasteiger partial charge in [-0.15, -0.1) is 0 Å². The van der Waals surface area contributed by atoms with Gasteiger partial charge in [-0.25, -0.2) is 28.4 Å². The van der Waals surface area contributed by atoms with E-state index in [2.05, 4.69) is 47.4 Å². The van der Waals surface area contributed by atoms with E-state index in [9.17, 15) is 15.3 Å². The molecule has 0 radical (unpaired) electrons. The largest absolute Gasteiger partial charge is 0.553 e. The third-order valence-electron chi connectivity index (χ3n) is 4.62. The maximum atomic E-state index is 9.21. The van der Waals surface area contributed by atoms with Crippen LogP contribution >= 0.6 is 0 Å². The number of hydrogen-bond donors (Lipinski definition) is 8. The molecule has 0 bridgehead atoms. The van der Waals surface area contributed by atoms with Gasteiger partial charge >= 0.3 is 0 Å². The number of ether oxygens (including phenoxy) is 8. The fourth-order valence-electron chi connectivity index (χ4n) is 2.56. The van der Waals surface area contributed by atoms with E-state index >= 15 is 0 Å². The van der Waals surface area contributed by atoms with E-state index < -0.39 is 36.6 Å². The molecule has 8 N–H and O–H groups in total. The molecule has 0 heterocycles.